The van der Waals surface area contributed by atoms with E-state index in [9.17, 15) is 14.4 Å². The van der Waals surface area contributed by atoms with Gasteiger partial charge in [0.1, 0.15) is 0 Å². The van der Waals surface area contributed by atoms with E-state index in [1.807, 2.05) is 36.6 Å². The number of methoxy groups -OCH3 is 2. The molecule has 224 valence electrons. The van der Waals surface area contributed by atoms with Gasteiger partial charge in [-0.1, -0.05) is 23.9 Å². The maximum absolute atomic E-state index is 13.0. The SMILES string of the molecule is CCOC(=O)c1ccc(NC(=O)CSc2nnc(CNC(=O)c3ccc(OC)c(OC)c3)n2-c2cc(C)ccc2C)cc1. The van der Waals surface area contributed by atoms with Crippen molar-refractivity contribution in [2.75, 3.05) is 31.9 Å². The molecular weight excluding hydrogens is 570 g/mol. The Balaban J connectivity index is 1.50. The molecule has 0 saturated heterocycles. The van der Waals surface area contributed by atoms with Gasteiger partial charge in [0, 0.05) is 11.3 Å². The van der Waals surface area contributed by atoms with Crippen molar-refractivity contribution >= 4 is 35.2 Å². The third kappa shape index (κ3) is 7.72. The van der Waals surface area contributed by atoms with Crippen LogP contribution in [0, 0.1) is 13.8 Å². The summed E-state index contributed by atoms with van der Waals surface area (Å²) in [5, 5.41) is 14.9. The highest BCUT2D eigenvalue weighted by Crippen LogP contribution is 2.28. The number of carbonyl (C=O) groups excluding carboxylic acids is 3. The summed E-state index contributed by atoms with van der Waals surface area (Å²) in [6.07, 6.45) is 0. The zero-order valence-corrected chi connectivity index (χ0v) is 25.4. The number of nitrogens with one attached hydrogen (secondary N) is 2. The average Bonchev–Trinajstić information content (AvgIpc) is 3.42. The van der Waals surface area contributed by atoms with Crippen LogP contribution in [0.4, 0.5) is 5.69 Å². The summed E-state index contributed by atoms with van der Waals surface area (Å²) in [6, 6.07) is 17.4. The van der Waals surface area contributed by atoms with Gasteiger partial charge in [-0.15, -0.1) is 10.2 Å². The standard InChI is InChI=1S/C31H33N5O6S/c1-6-42-30(39)21-9-12-23(13-10-21)33-28(37)18-43-31-35-34-27(36(31)24-15-19(2)7-8-20(24)3)17-32-29(38)22-11-14-25(40-4)26(16-22)41-5/h7-16H,6,17-18H2,1-5H3,(H,32,38)(H,33,37). The zero-order chi connectivity index (χ0) is 30.9. The molecule has 4 rings (SSSR count). The Morgan fingerprint density at radius 2 is 1.60 bits per heavy atom. The number of ether oxygens (including phenoxy) is 3. The predicted octanol–water partition coefficient (Wildman–Crippen LogP) is 4.74. The molecule has 0 atom stereocenters. The molecule has 3 aromatic carbocycles. The molecule has 0 saturated carbocycles. The number of benzene rings is 3. The van der Waals surface area contributed by atoms with Gasteiger partial charge >= 0.3 is 5.97 Å². The van der Waals surface area contributed by atoms with E-state index in [1.54, 1.807) is 49.4 Å². The van der Waals surface area contributed by atoms with Gasteiger partial charge < -0.3 is 24.8 Å². The summed E-state index contributed by atoms with van der Waals surface area (Å²) >= 11 is 1.22. The molecule has 1 aromatic heterocycles. The highest BCUT2D eigenvalue weighted by molar-refractivity contribution is 7.99. The molecule has 43 heavy (non-hydrogen) atoms. The molecule has 0 aliphatic heterocycles. The first-order valence-electron chi connectivity index (χ1n) is 13.5. The van der Waals surface area contributed by atoms with Gasteiger partial charge in [-0.25, -0.2) is 4.79 Å². The van der Waals surface area contributed by atoms with Crippen molar-refractivity contribution in [1.82, 2.24) is 20.1 Å². The third-order valence-electron chi connectivity index (χ3n) is 6.37. The first-order valence-corrected chi connectivity index (χ1v) is 14.4. The molecule has 11 nitrogen and oxygen atoms in total. The van der Waals surface area contributed by atoms with Gasteiger partial charge in [-0.2, -0.15) is 0 Å². The molecule has 0 bridgehead atoms. The molecule has 12 heteroatoms. The van der Waals surface area contributed by atoms with Gasteiger partial charge in [-0.3, -0.25) is 14.2 Å². The van der Waals surface area contributed by atoms with Gasteiger partial charge in [-0.05, 0) is 80.4 Å². The predicted molar refractivity (Wildman–Crippen MR) is 163 cm³/mol. The van der Waals surface area contributed by atoms with Gasteiger partial charge in [0.25, 0.3) is 5.91 Å². The van der Waals surface area contributed by atoms with Crippen molar-refractivity contribution in [1.29, 1.82) is 0 Å². The van der Waals surface area contributed by atoms with Crippen molar-refractivity contribution in [2.45, 2.75) is 32.5 Å². The topological polar surface area (TPSA) is 134 Å². The summed E-state index contributed by atoms with van der Waals surface area (Å²) in [4.78, 5) is 37.7. The Bertz CT molecular complexity index is 1620. The number of hydrogen-bond acceptors (Lipinski definition) is 9. The third-order valence-corrected chi connectivity index (χ3v) is 7.30. The summed E-state index contributed by atoms with van der Waals surface area (Å²) < 4.78 is 17.4. The molecule has 4 aromatic rings. The monoisotopic (exact) mass is 603 g/mol. The van der Waals surface area contributed by atoms with Crippen LogP contribution in [0.25, 0.3) is 5.69 Å². The van der Waals surface area contributed by atoms with Gasteiger partial charge in [0.15, 0.2) is 22.5 Å². The van der Waals surface area contributed by atoms with Crippen LogP contribution < -0.4 is 20.1 Å². The molecule has 0 spiro atoms. The quantitative estimate of drug-likeness (QED) is 0.174. The van der Waals surface area contributed by atoms with Crippen LogP contribution in [0.15, 0.2) is 65.8 Å². The smallest absolute Gasteiger partial charge is 0.338 e. The minimum atomic E-state index is -0.419. The number of carbonyl (C=O) groups is 3. The van der Waals surface area contributed by atoms with Crippen LogP contribution in [0.1, 0.15) is 44.6 Å². The Kier molecular flexibility index (Phi) is 10.4. The van der Waals surface area contributed by atoms with Crippen molar-refractivity contribution in [3.05, 3.63) is 88.7 Å². The van der Waals surface area contributed by atoms with Crippen LogP contribution >= 0.6 is 11.8 Å². The molecule has 0 unspecified atom stereocenters. The van der Waals surface area contributed by atoms with Gasteiger partial charge in [0.05, 0.1) is 44.4 Å². The highest BCUT2D eigenvalue weighted by atomic mass is 32.2. The highest BCUT2D eigenvalue weighted by Gasteiger charge is 2.19. The van der Waals surface area contributed by atoms with Crippen LogP contribution in [0.5, 0.6) is 11.5 Å². The number of aryl methyl sites for hydroxylation is 2. The molecule has 2 amide bonds. The summed E-state index contributed by atoms with van der Waals surface area (Å²) in [5.41, 5.74) is 4.21. The maximum atomic E-state index is 13.0. The lowest BCUT2D eigenvalue weighted by atomic mass is 10.1. The first-order chi connectivity index (χ1) is 20.7. The number of aromatic nitrogens is 3. The zero-order valence-electron chi connectivity index (χ0n) is 24.6. The fraction of sp³-hybridized carbons (Fsp3) is 0.258. The second-order valence-corrected chi connectivity index (χ2v) is 10.4. The lowest BCUT2D eigenvalue weighted by Crippen LogP contribution is -2.25. The molecular formula is C31H33N5O6S. The lowest BCUT2D eigenvalue weighted by Gasteiger charge is -2.14. The van der Waals surface area contributed by atoms with Crippen LogP contribution in [0.3, 0.4) is 0 Å². The minimum Gasteiger partial charge on any atom is -0.493 e. The molecule has 0 aliphatic rings. The number of amides is 2. The van der Waals surface area contributed by atoms with Crippen LogP contribution in [-0.2, 0) is 16.1 Å². The molecule has 0 aliphatic carbocycles. The first kappa shape index (κ1) is 31.1. The van der Waals surface area contributed by atoms with Crippen molar-refractivity contribution in [3.63, 3.8) is 0 Å². The normalized spacial score (nSPS) is 10.6. The summed E-state index contributed by atoms with van der Waals surface area (Å²) in [7, 11) is 3.04. The number of thioether (sulfide) groups is 1. The Morgan fingerprint density at radius 3 is 2.30 bits per heavy atom. The number of hydrogen-bond donors (Lipinski definition) is 2. The second-order valence-electron chi connectivity index (χ2n) is 9.41. The molecule has 0 radical (unpaired) electrons. The van der Waals surface area contributed by atoms with E-state index < -0.39 is 5.97 Å². The Hall–Kier alpha value is -4.84. The number of anilines is 1. The lowest BCUT2D eigenvalue weighted by molar-refractivity contribution is -0.113. The van der Waals surface area contributed by atoms with E-state index in [-0.39, 0.29) is 30.7 Å². The number of rotatable bonds is 12. The molecule has 0 fully saturated rings. The molecule has 1 heterocycles. The largest absolute Gasteiger partial charge is 0.493 e. The maximum Gasteiger partial charge on any atom is 0.338 e. The van der Waals surface area contributed by atoms with Crippen molar-refractivity contribution in [3.8, 4) is 17.2 Å². The van der Waals surface area contributed by atoms with Gasteiger partial charge in [0.2, 0.25) is 5.91 Å². The second kappa shape index (κ2) is 14.4. The van der Waals surface area contributed by atoms with E-state index in [4.69, 9.17) is 14.2 Å². The Labute approximate surface area is 253 Å². The fourth-order valence-electron chi connectivity index (χ4n) is 4.18. The average molecular weight is 604 g/mol. The van der Waals surface area contributed by atoms with Crippen molar-refractivity contribution in [2.24, 2.45) is 0 Å². The number of esters is 1. The summed E-state index contributed by atoms with van der Waals surface area (Å²) in [6.45, 7) is 6.08. The van der Waals surface area contributed by atoms with Crippen LogP contribution in [0.2, 0.25) is 0 Å². The van der Waals surface area contributed by atoms with E-state index in [0.717, 1.165) is 16.8 Å². The minimum absolute atomic E-state index is 0.0562. The van der Waals surface area contributed by atoms with Crippen molar-refractivity contribution < 1.29 is 28.6 Å². The summed E-state index contributed by atoms with van der Waals surface area (Å²) in [5.74, 6) is 0.526. The fourth-order valence-corrected chi connectivity index (χ4v) is 4.94. The van der Waals surface area contributed by atoms with Crippen LogP contribution in [-0.4, -0.2) is 59.1 Å². The number of nitrogens with zero attached hydrogens (tertiary/aromatic N) is 3. The Morgan fingerprint density at radius 1 is 0.884 bits per heavy atom. The van der Waals surface area contributed by atoms with E-state index >= 15 is 0 Å². The molecule has 2 N–H and O–H groups in total. The van der Waals surface area contributed by atoms with E-state index in [0.29, 0.717) is 39.3 Å². The van der Waals surface area contributed by atoms with E-state index in [2.05, 4.69) is 20.8 Å². The van der Waals surface area contributed by atoms with E-state index in [1.165, 1.54) is 26.0 Å².